The monoisotopic (exact) mass is 443 g/mol. The summed E-state index contributed by atoms with van der Waals surface area (Å²) in [5, 5.41) is 0. The first-order valence-corrected chi connectivity index (χ1v) is 9.28. The second-order valence-electron chi connectivity index (χ2n) is 7.78. The molecule has 166 valence electrons. The van der Waals surface area contributed by atoms with Gasteiger partial charge in [-0.1, -0.05) is 19.1 Å². The molecule has 0 amide bonds. The van der Waals surface area contributed by atoms with Crippen molar-refractivity contribution in [3.8, 4) is 0 Å². The average molecular weight is 443 g/mol. The number of hydrogen-bond donors (Lipinski definition) is 0. The number of methoxy groups -OCH3 is 1. The van der Waals surface area contributed by atoms with Gasteiger partial charge < -0.3 is 4.74 Å². The summed E-state index contributed by atoms with van der Waals surface area (Å²) in [6, 6.07) is 6.07. The van der Waals surface area contributed by atoms with Crippen molar-refractivity contribution in [1.82, 2.24) is 0 Å². The van der Waals surface area contributed by atoms with E-state index >= 15 is 0 Å². The number of carbonyl (C=O) groups excluding carboxylic acids is 1. The van der Waals surface area contributed by atoms with E-state index in [0.29, 0.717) is 16.7 Å². The first-order chi connectivity index (χ1) is 14.2. The summed E-state index contributed by atoms with van der Waals surface area (Å²) in [5.74, 6) is -0.507. The van der Waals surface area contributed by atoms with E-state index in [0.717, 1.165) is 12.1 Å². The molecule has 2 atom stereocenters. The zero-order chi connectivity index (χ0) is 23.2. The first kappa shape index (κ1) is 22.8. The minimum atomic E-state index is -4.91. The smallest absolute Gasteiger partial charge is 0.416 e. The Balaban J connectivity index is 1.97. The van der Waals surface area contributed by atoms with Gasteiger partial charge in [0.15, 0.2) is 0 Å². The van der Waals surface area contributed by atoms with Crippen LogP contribution in [0.5, 0.6) is 0 Å². The zero-order valence-corrected chi connectivity index (χ0v) is 16.9. The second-order valence-corrected chi connectivity index (χ2v) is 7.78. The Morgan fingerprint density at radius 3 is 2.10 bits per heavy atom. The number of hydrogen-bond acceptors (Lipinski definition) is 3. The summed E-state index contributed by atoms with van der Waals surface area (Å²) < 4.78 is 84.1. The van der Waals surface area contributed by atoms with Gasteiger partial charge in [0.2, 0.25) is 0 Å². The molecule has 0 saturated heterocycles. The van der Waals surface area contributed by atoms with E-state index in [-0.39, 0.29) is 18.1 Å². The van der Waals surface area contributed by atoms with E-state index in [2.05, 4.69) is 4.99 Å². The van der Waals surface area contributed by atoms with Gasteiger partial charge in [-0.25, -0.2) is 4.79 Å². The maximum atomic E-state index is 13.2. The molecule has 0 fully saturated rings. The SMILES string of the molecule is COC(=O)c1ccc(C2CC(C)(c3cc(C(F)(F)F)cc(C(F)(F)F)c3)C=N2)cc1C. The molecule has 0 radical (unpaired) electrons. The van der Waals surface area contributed by atoms with E-state index in [9.17, 15) is 31.1 Å². The van der Waals surface area contributed by atoms with E-state index in [4.69, 9.17) is 4.74 Å². The summed E-state index contributed by atoms with van der Waals surface area (Å²) in [6.07, 6.45) is -8.25. The largest absolute Gasteiger partial charge is 0.465 e. The maximum absolute atomic E-state index is 13.2. The third-order valence-electron chi connectivity index (χ3n) is 5.44. The molecule has 1 heterocycles. The summed E-state index contributed by atoms with van der Waals surface area (Å²) in [6.45, 7) is 3.26. The molecular weight excluding hydrogens is 424 g/mol. The number of aliphatic imine (C=N–C) groups is 1. The van der Waals surface area contributed by atoms with Gasteiger partial charge in [0, 0.05) is 11.6 Å². The van der Waals surface area contributed by atoms with Crippen LogP contribution in [0.1, 0.15) is 57.6 Å². The quantitative estimate of drug-likeness (QED) is 0.413. The van der Waals surface area contributed by atoms with Crippen molar-refractivity contribution in [2.75, 3.05) is 7.11 Å². The van der Waals surface area contributed by atoms with Crippen LogP contribution < -0.4 is 0 Å². The molecule has 1 aliphatic heterocycles. The van der Waals surface area contributed by atoms with E-state index in [1.54, 1.807) is 32.0 Å². The van der Waals surface area contributed by atoms with E-state index in [1.807, 2.05) is 0 Å². The Morgan fingerprint density at radius 2 is 1.61 bits per heavy atom. The Bertz CT molecular complexity index is 1010. The molecule has 0 N–H and O–H groups in total. The lowest BCUT2D eigenvalue weighted by Gasteiger charge is -2.25. The van der Waals surface area contributed by atoms with Crippen LogP contribution in [0.3, 0.4) is 0 Å². The Labute approximate surface area is 174 Å². The van der Waals surface area contributed by atoms with Gasteiger partial charge in [0.05, 0.1) is 29.8 Å². The number of halogens is 6. The minimum absolute atomic E-state index is 0.108. The summed E-state index contributed by atoms with van der Waals surface area (Å²) >= 11 is 0. The lowest BCUT2D eigenvalue weighted by Crippen LogP contribution is -2.23. The number of aryl methyl sites for hydroxylation is 1. The van der Waals surface area contributed by atoms with Crippen LogP contribution in [0, 0.1) is 6.92 Å². The zero-order valence-electron chi connectivity index (χ0n) is 16.9. The van der Waals surface area contributed by atoms with Crippen molar-refractivity contribution < 1.29 is 35.9 Å². The van der Waals surface area contributed by atoms with Gasteiger partial charge in [-0.05, 0) is 54.3 Å². The molecule has 0 spiro atoms. The topological polar surface area (TPSA) is 38.7 Å². The number of carbonyl (C=O) groups is 1. The highest BCUT2D eigenvalue weighted by atomic mass is 19.4. The molecule has 2 unspecified atom stereocenters. The van der Waals surface area contributed by atoms with Crippen LogP contribution in [-0.2, 0) is 22.5 Å². The standard InChI is InChI=1S/C22H19F6NO2/c1-12-6-13(4-5-17(12)19(30)31-3)18-10-20(2,11-29-18)14-7-15(21(23,24)25)9-16(8-14)22(26,27)28/h4-9,11,18H,10H2,1-3H3. The van der Waals surface area contributed by atoms with Gasteiger partial charge in [0.25, 0.3) is 0 Å². The highest BCUT2D eigenvalue weighted by Gasteiger charge is 2.41. The Kier molecular flexibility index (Phi) is 5.67. The third-order valence-corrected chi connectivity index (χ3v) is 5.44. The number of ether oxygens (including phenoxy) is 1. The highest BCUT2D eigenvalue weighted by Crippen LogP contribution is 2.44. The average Bonchev–Trinajstić information content (AvgIpc) is 3.09. The van der Waals surface area contributed by atoms with Crippen LogP contribution in [0.4, 0.5) is 26.3 Å². The van der Waals surface area contributed by atoms with Crippen LogP contribution in [0.15, 0.2) is 41.4 Å². The molecule has 3 nitrogen and oxygen atoms in total. The van der Waals surface area contributed by atoms with Gasteiger partial charge in [-0.15, -0.1) is 0 Å². The van der Waals surface area contributed by atoms with Crippen molar-refractivity contribution in [2.24, 2.45) is 4.99 Å². The minimum Gasteiger partial charge on any atom is -0.465 e. The fourth-order valence-electron chi connectivity index (χ4n) is 3.68. The number of alkyl halides is 6. The van der Waals surface area contributed by atoms with Crippen molar-refractivity contribution >= 4 is 12.2 Å². The van der Waals surface area contributed by atoms with Crippen LogP contribution in [0.2, 0.25) is 0 Å². The predicted molar refractivity (Wildman–Crippen MR) is 102 cm³/mol. The second kappa shape index (κ2) is 7.69. The van der Waals surface area contributed by atoms with Crippen LogP contribution >= 0.6 is 0 Å². The lowest BCUT2D eigenvalue weighted by molar-refractivity contribution is -0.143. The van der Waals surface area contributed by atoms with Crippen molar-refractivity contribution in [2.45, 2.75) is 44.1 Å². The summed E-state index contributed by atoms with van der Waals surface area (Å²) in [7, 11) is 1.26. The molecule has 3 rings (SSSR count). The van der Waals surface area contributed by atoms with Gasteiger partial charge >= 0.3 is 18.3 Å². The molecule has 31 heavy (non-hydrogen) atoms. The van der Waals surface area contributed by atoms with E-state index in [1.165, 1.54) is 13.3 Å². The molecule has 0 aromatic heterocycles. The summed E-state index contributed by atoms with van der Waals surface area (Å²) in [4.78, 5) is 16.1. The van der Waals surface area contributed by atoms with Gasteiger partial charge in [0.1, 0.15) is 0 Å². The molecule has 0 aliphatic carbocycles. The number of rotatable bonds is 3. The normalized spacial score (nSPS) is 21.4. The fraction of sp³-hybridized carbons (Fsp3) is 0.364. The lowest BCUT2D eigenvalue weighted by atomic mass is 9.78. The number of esters is 1. The van der Waals surface area contributed by atoms with Crippen molar-refractivity contribution in [1.29, 1.82) is 0 Å². The third kappa shape index (κ3) is 4.60. The van der Waals surface area contributed by atoms with E-state index < -0.39 is 40.9 Å². The Hall–Kier alpha value is -2.84. The number of benzene rings is 2. The van der Waals surface area contributed by atoms with Crippen molar-refractivity contribution in [3.05, 3.63) is 69.8 Å². The van der Waals surface area contributed by atoms with Crippen LogP contribution in [0.25, 0.3) is 0 Å². The van der Waals surface area contributed by atoms with Gasteiger partial charge in [-0.2, -0.15) is 26.3 Å². The van der Waals surface area contributed by atoms with Gasteiger partial charge in [-0.3, -0.25) is 4.99 Å². The molecule has 1 aliphatic rings. The molecule has 0 saturated carbocycles. The summed E-state index contributed by atoms with van der Waals surface area (Å²) in [5.41, 5.74) is -2.24. The number of nitrogens with zero attached hydrogens (tertiary/aromatic N) is 1. The maximum Gasteiger partial charge on any atom is 0.416 e. The molecule has 9 heteroatoms. The molecule has 2 aromatic rings. The Morgan fingerprint density at radius 1 is 1.03 bits per heavy atom. The van der Waals surface area contributed by atoms with Crippen molar-refractivity contribution in [3.63, 3.8) is 0 Å². The highest BCUT2D eigenvalue weighted by molar-refractivity contribution is 5.91. The predicted octanol–water partition coefficient (Wildman–Crippen LogP) is 6.29. The molecular formula is C22H19F6NO2. The van der Waals surface area contributed by atoms with Crippen LogP contribution in [-0.4, -0.2) is 19.3 Å². The molecule has 0 bridgehead atoms. The molecule has 2 aromatic carbocycles. The fourth-order valence-corrected chi connectivity index (χ4v) is 3.68. The first-order valence-electron chi connectivity index (χ1n) is 9.28.